The second-order valence-electron chi connectivity index (χ2n) is 4.99. The highest BCUT2D eigenvalue weighted by atomic mass is 15.3. The first-order chi connectivity index (χ1) is 8.62. The van der Waals surface area contributed by atoms with Crippen LogP contribution in [0.1, 0.15) is 62.2 Å². The molecule has 0 aromatic carbocycles. The Morgan fingerprint density at radius 2 is 1.83 bits per heavy atom. The van der Waals surface area contributed by atoms with E-state index in [0.717, 1.165) is 36.3 Å². The first-order valence-corrected chi connectivity index (χ1v) is 6.98. The van der Waals surface area contributed by atoms with Crippen LogP contribution in [0.3, 0.4) is 0 Å². The lowest BCUT2D eigenvalue weighted by Crippen LogP contribution is -2.07. The van der Waals surface area contributed by atoms with E-state index in [4.69, 9.17) is 5.10 Å². The molecule has 0 atom stereocenters. The van der Waals surface area contributed by atoms with Gasteiger partial charge in [0.25, 0.3) is 0 Å². The van der Waals surface area contributed by atoms with Crippen molar-refractivity contribution in [3.63, 3.8) is 0 Å². The summed E-state index contributed by atoms with van der Waals surface area (Å²) in [4.78, 5) is 4.68. The normalized spacial score (nSPS) is 11.7. The van der Waals surface area contributed by atoms with E-state index in [9.17, 15) is 0 Å². The molecule has 2 aromatic rings. The van der Waals surface area contributed by atoms with Crippen molar-refractivity contribution in [3.05, 3.63) is 28.7 Å². The predicted molar refractivity (Wildman–Crippen MR) is 75.2 cm³/mol. The lowest BCUT2D eigenvalue weighted by molar-refractivity contribution is 0.598. The highest BCUT2D eigenvalue weighted by molar-refractivity contribution is 5.51. The van der Waals surface area contributed by atoms with Crippen LogP contribution < -0.4 is 0 Å². The fraction of sp³-hybridized carbons (Fsp3) is 0.600. The van der Waals surface area contributed by atoms with Gasteiger partial charge >= 0.3 is 0 Å². The monoisotopic (exact) mass is 245 g/mol. The Hall–Kier alpha value is -1.38. The third kappa shape index (κ3) is 2.02. The summed E-state index contributed by atoms with van der Waals surface area (Å²) in [6.45, 7) is 10.8. The zero-order valence-corrected chi connectivity index (χ0v) is 12.1. The Morgan fingerprint density at radius 3 is 2.39 bits per heavy atom. The highest BCUT2D eigenvalue weighted by Gasteiger charge is 2.17. The van der Waals surface area contributed by atoms with Crippen molar-refractivity contribution in [2.24, 2.45) is 0 Å². The third-order valence-electron chi connectivity index (χ3n) is 3.80. The summed E-state index contributed by atoms with van der Waals surface area (Å²) in [5.41, 5.74) is 5.86. The van der Waals surface area contributed by atoms with Crippen molar-refractivity contribution >= 4 is 5.65 Å². The second-order valence-corrected chi connectivity index (χ2v) is 4.99. The minimum Gasteiger partial charge on any atom is -0.234 e. The zero-order valence-electron chi connectivity index (χ0n) is 12.1. The number of nitrogens with zero attached hydrogens (tertiary/aromatic N) is 3. The smallest absolute Gasteiger partial charge is 0.158 e. The van der Waals surface area contributed by atoms with Crippen LogP contribution >= 0.6 is 0 Å². The van der Waals surface area contributed by atoms with Gasteiger partial charge in [-0.3, -0.25) is 0 Å². The summed E-state index contributed by atoms with van der Waals surface area (Å²) in [7, 11) is 0. The van der Waals surface area contributed by atoms with E-state index in [2.05, 4.69) is 50.2 Å². The van der Waals surface area contributed by atoms with Gasteiger partial charge in [0.2, 0.25) is 0 Å². The van der Waals surface area contributed by atoms with Gasteiger partial charge in [0.15, 0.2) is 5.65 Å². The Kier molecular flexibility index (Phi) is 3.69. The van der Waals surface area contributed by atoms with E-state index in [0.29, 0.717) is 5.92 Å². The molecule has 2 rings (SSSR count). The molecule has 0 saturated carbocycles. The van der Waals surface area contributed by atoms with Crippen molar-refractivity contribution in [1.82, 2.24) is 14.6 Å². The molecule has 0 unspecified atom stereocenters. The fourth-order valence-electron chi connectivity index (χ4n) is 2.73. The van der Waals surface area contributed by atoms with Gasteiger partial charge in [-0.25, -0.2) is 9.50 Å². The Labute approximate surface area is 109 Å². The van der Waals surface area contributed by atoms with Crippen molar-refractivity contribution in [1.29, 1.82) is 0 Å². The number of hydrogen-bond acceptors (Lipinski definition) is 2. The molecule has 0 spiro atoms. The molecule has 0 bridgehead atoms. The van der Waals surface area contributed by atoms with E-state index >= 15 is 0 Å². The van der Waals surface area contributed by atoms with E-state index in [-0.39, 0.29) is 0 Å². The summed E-state index contributed by atoms with van der Waals surface area (Å²) in [6, 6.07) is 2.19. The lowest BCUT2D eigenvalue weighted by atomic mass is 9.98. The van der Waals surface area contributed by atoms with Crippen LogP contribution in [0.15, 0.2) is 6.07 Å². The third-order valence-corrected chi connectivity index (χ3v) is 3.80. The zero-order chi connectivity index (χ0) is 13.3. The fourth-order valence-corrected chi connectivity index (χ4v) is 2.73. The van der Waals surface area contributed by atoms with Crippen molar-refractivity contribution in [3.8, 4) is 0 Å². The molecule has 0 radical (unpaired) electrons. The number of aryl methyl sites for hydroxylation is 3. The maximum Gasteiger partial charge on any atom is 0.158 e. The van der Waals surface area contributed by atoms with Gasteiger partial charge in [0.05, 0.1) is 5.69 Å². The molecule has 0 aliphatic carbocycles. The average molecular weight is 245 g/mol. The van der Waals surface area contributed by atoms with Gasteiger partial charge in [-0.15, -0.1) is 0 Å². The van der Waals surface area contributed by atoms with Crippen LogP contribution in [-0.2, 0) is 6.42 Å². The molecule has 0 aliphatic heterocycles. The molecular weight excluding hydrogens is 222 g/mol. The van der Waals surface area contributed by atoms with Gasteiger partial charge in [-0.1, -0.05) is 20.8 Å². The quantitative estimate of drug-likeness (QED) is 0.820. The second kappa shape index (κ2) is 5.09. The molecular formula is C15H23N3. The standard InChI is InChI=1S/C15H23N3/c1-6-12(7-2)14-9-10(4)16-15-13(8-3)11(5)17-18(14)15/h9,12H,6-8H2,1-5H3. The number of rotatable bonds is 4. The minimum absolute atomic E-state index is 0.568. The number of fused-ring (bicyclic) bond motifs is 1. The molecule has 3 heteroatoms. The SMILES string of the molecule is CCc1c(C)nn2c(C(CC)CC)cc(C)nc12. The minimum atomic E-state index is 0.568. The van der Waals surface area contributed by atoms with Crippen LogP contribution in [-0.4, -0.2) is 14.6 Å². The summed E-state index contributed by atoms with van der Waals surface area (Å²) >= 11 is 0. The molecule has 0 saturated heterocycles. The molecule has 0 N–H and O–H groups in total. The van der Waals surface area contributed by atoms with E-state index in [1.807, 2.05) is 0 Å². The van der Waals surface area contributed by atoms with Crippen molar-refractivity contribution < 1.29 is 0 Å². The molecule has 98 valence electrons. The molecule has 2 heterocycles. The lowest BCUT2D eigenvalue weighted by Gasteiger charge is -2.15. The summed E-state index contributed by atoms with van der Waals surface area (Å²) in [5, 5.41) is 4.70. The highest BCUT2D eigenvalue weighted by Crippen LogP contribution is 2.26. The van der Waals surface area contributed by atoms with Gasteiger partial charge in [-0.05, 0) is 39.2 Å². The Morgan fingerprint density at radius 1 is 1.17 bits per heavy atom. The first-order valence-electron chi connectivity index (χ1n) is 6.98. The largest absolute Gasteiger partial charge is 0.234 e. The van der Waals surface area contributed by atoms with Crippen LogP contribution in [0.5, 0.6) is 0 Å². The first kappa shape index (κ1) is 13.1. The molecule has 18 heavy (non-hydrogen) atoms. The molecule has 2 aromatic heterocycles. The Balaban J connectivity index is 2.73. The van der Waals surface area contributed by atoms with E-state index in [1.165, 1.54) is 11.3 Å². The van der Waals surface area contributed by atoms with Gasteiger partial charge in [0, 0.05) is 22.9 Å². The van der Waals surface area contributed by atoms with E-state index in [1.54, 1.807) is 0 Å². The summed E-state index contributed by atoms with van der Waals surface area (Å²) < 4.78 is 2.07. The van der Waals surface area contributed by atoms with Gasteiger partial charge in [0.1, 0.15) is 0 Å². The average Bonchev–Trinajstić information content (AvgIpc) is 2.66. The molecule has 0 aliphatic rings. The summed E-state index contributed by atoms with van der Waals surface area (Å²) in [5.74, 6) is 0.568. The van der Waals surface area contributed by atoms with Crippen molar-refractivity contribution in [2.45, 2.75) is 59.8 Å². The van der Waals surface area contributed by atoms with Crippen molar-refractivity contribution in [2.75, 3.05) is 0 Å². The molecule has 0 amide bonds. The maximum atomic E-state index is 4.70. The van der Waals surface area contributed by atoms with Crippen LogP contribution in [0, 0.1) is 13.8 Å². The molecule has 3 nitrogen and oxygen atoms in total. The van der Waals surface area contributed by atoms with Gasteiger partial charge < -0.3 is 0 Å². The van der Waals surface area contributed by atoms with Crippen LogP contribution in [0.25, 0.3) is 5.65 Å². The Bertz CT molecular complexity index is 550. The summed E-state index contributed by atoms with van der Waals surface area (Å²) in [6.07, 6.45) is 3.29. The van der Waals surface area contributed by atoms with E-state index < -0.39 is 0 Å². The van der Waals surface area contributed by atoms with Crippen LogP contribution in [0.4, 0.5) is 0 Å². The maximum absolute atomic E-state index is 4.70. The molecule has 0 fully saturated rings. The topological polar surface area (TPSA) is 30.2 Å². The number of hydrogen-bond donors (Lipinski definition) is 0. The number of aromatic nitrogens is 3. The predicted octanol–water partition coefficient (Wildman–Crippen LogP) is 3.81. The van der Waals surface area contributed by atoms with Gasteiger partial charge in [-0.2, -0.15) is 5.10 Å². The van der Waals surface area contributed by atoms with Crippen LogP contribution in [0.2, 0.25) is 0 Å².